The number of nitrogens with zero attached hydrogens (tertiary/aromatic N) is 4. The van der Waals surface area contributed by atoms with Gasteiger partial charge in [-0.05, 0) is 11.6 Å². The Morgan fingerprint density at radius 2 is 2.05 bits per heavy atom. The van der Waals surface area contributed by atoms with E-state index in [9.17, 15) is 10.1 Å². The number of hydrogen-bond acceptors (Lipinski definition) is 4. The summed E-state index contributed by atoms with van der Waals surface area (Å²) in [5.41, 5.74) is 1.20. The molecule has 1 heterocycles. The van der Waals surface area contributed by atoms with Crippen molar-refractivity contribution in [3.63, 3.8) is 0 Å². The van der Waals surface area contributed by atoms with E-state index in [1.165, 1.54) is 6.33 Å². The lowest BCUT2D eigenvalue weighted by Gasteiger charge is -2.12. The van der Waals surface area contributed by atoms with Crippen LogP contribution in [0.25, 0.3) is 6.08 Å². The first-order chi connectivity index (χ1) is 10.1. The molecule has 0 unspecified atom stereocenters. The third-order valence-electron chi connectivity index (χ3n) is 2.93. The lowest BCUT2D eigenvalue weighted by molar-refractivity contribution is 0.566. The maximum absolute atomic E-state index is 11.7. The predicted molar refractivity (Wildman–Crippen MR) is 81.5 cm³/mol. The molecule has 0 aliphatic heterocycles. The summed E-state index contributed by atoms with van der Waals surface area (Å²) in [7, 11) is 3.76. The molecule has 106 valence electrons. The summed E-state index contributed by atoms with van der Waals surface area (Å²) < 4.78 is 1.80. The maximum Gasteiger partial charge on any atom is 0.291 e. The fraction of sp³-hybridized carbons (Fsp3) is 0.188. The first-order valence-electron chi connectivity index (χ1n) is 6.50. The summed E-state index contributed by atoms with van der Waals surface area (Å²) >= 11 is 0. The van der Waals surface area contributed by atoms with Crippen molar-refractivity contribution in [3.05, 3.63) is 70.0 Å². The molecule has 2 aromatic rings. The largest absolute Gasteiger partial charge is 0.383 e. The third kappa shape index (κ3) is 3.57. The number of benzene rings is 1. The van der Waals surface area contributed by atoms with Crippen molar-refractivity contribution in [2.75, 3.05) is 14.1 Å². The Labute approximate surface area is 123 Å². The van der Waals surface area contributed by atoms with E-state index < -0.39 is 5.56 Å². The summed E-state index contributed by atoms with van der Waals surface area (Å²) in [5, 5.41) is 9.20. The van der Waals surface area contributed by atoms with Gasteiger partial charge in [-0.2, -0.15) is 10.2 Å². The van der Waals surface area contributed by atoms with Crippen molar-refractivity contribution in [2.24, 2.45) is 0 Å². The Hall–Kier alpha value is -2.87. The summed E-state index contributed by atoms with van der Waals surface area (Å²) in [4.78, 5) is 17.3. The van der Waals surface area contributed by atoms with E-state index in [1.807, 2.05) is 55.4 Å². The maximum atomic E-state index is 11.7. The van der Waals surface area contributed by atoms with Crippen LogP contribution in [-0.2, 0) is 6.54 Å². The van der Waals surface area contributed by atoms with Gasteiger partial charge in [-0.15, -0.1) is 0 Å². The van der Waals surface area contributed by atoms with Crippen LogP contribution in [0.2, 0.25) is 0 Å². The molecule has 0 saturated carbocycles. The topological polar surface area (TPSA) is 61.9 Å². The zero-order chi connectivity index (χ0) is 15.2. The second kappa shape index (κ2) is 6.53. The minimum atomic E-state index is -0.500. The van der Waals surface area contributed by atoms with Crippen LogP contribution in [-0.4, -0.2) is 28.5 Å². The van der Waals surface area contributed by atoms with E-state index in [0.29, 0.717) is 12.2 Å². The molecule has 0 N–H and O–H groups in total. The number of hydrogen-bond donors (Lipinski definition) is 0. The molecule has 5 nitrogen and oxygen atoms in total. The van der Waals surface area contributed by atoms with Gasteiger partial charge in [-0.3, -0.25) is 4.79 Å². The van der Waals surface area contributed by atoms with Gasteiger partial charge >= 0.3 is 0 Å². The van der Waals surface area contributed by atoms with Crippen molar-refractivity contribution in [1.29, 1.82) is 5.26 Å². The van der Waals surface area contributed by atoms with Gasteiger partial charge in [0.05, 0.1) is 12.0 Å². The molecule has 0 bridgehead atoms. The van der Waals surface area contributed by atoms with Gasteiger partial charge in [-0.1, -0.05) is 30.3 Å². The highest BCUT2D eigenvalue weighted by Crippen LogP contribution is 2.10. The standard InChI is InChI=1S/C16H16N4O/c1-19(2)9-8-15-14(10-17)16(21)18-12-20(15)11-13-6-4-3-5-7-13/h3-9,12H,11H2,1-2H3/b9-8-. The van der Waals surface area contributed by atoms with E-state index in [2.05, 4.69) is 4.98 Å². The van der Waals surface area contributed by atoms with Crippen LogP contribution in [0.1, 0.15) is 16.8 Å². The van der Waals surface area contributed by atoms with Crippen molar-refractivity contribution in [1.82, 2.24) is 14.5 Å². The van der Waals surface area contributed by atoms with Crippen LogP contribution in [0.3, 0.4) is 0 Å². The van der Waals surface area contributed by atoms with Gasteiger partial charge in [-0.25, -0.2) is 0 Å². The van der Waals surface area contributed by atoms with Gasteiger partial charge in [0, 0.05) is 26.8 Å². The second-order valence-corrected chi connectivity index (χ2v) is 4.81. The molecule has 0 aliphatic rings. The molecule has 0 amide bonds. The normalized spacial score (nSPS) is 10.5. The van der Waals surface area contributed by atoms with Gasteiger partial charge in [0.1, 0.15) is 11.6 Å². The monoisotopic (exact) mass is 280 g/mol. The summed E-state index contributed by atoms with van der Waals surface area (Å²) in [6.07, 6.45) is 5.03. The Morgan fingerprint density at radius 3 is 2.67 bits per heavy atom. The molecule has 5 heteroatoms. The quantitative estimate of drug-likeness (QED) is 0.855. The summed E-state index contributed by atoms with van der Waals surface area (Å²) in [6, 6.07) is 11.8. The highest BCUT2D eigenvalue weighted by molar-refractivity contribution is 5.53. The van der Waals surface area contributed by atoms with Crippen LogP contribution < -0.4 is 5.56 Å². The lowest BCUT2D eigenvalue weighted by atomic mass is 10.2. The SMILES string of the molecule is CN(C)/C=C\c1c(C#N)c(=O)ncn1Cc1ccccc1. The molecule has 0 atom stereocenters. The van der Waals surface area contributed by atoms with Crippen LogP contribution in [0, 0.1) is 11.3 Å². The molecule has 1 aromatic carbocycles. The molecular weight excluding hydrogens is 264 g/mol. The minimum absolute atomic E-state index is 0.0616. The van der Waals surface area contributed by atoms with Crippen LogP contribution in [0.4, 0.5) is 0 Å². The fourth-order valence-electron chi connectivity index (χ4n) is 1.91. The van der Waals surface area contributed by atoms with Crippen molar-refractivity contribution in [3.8, 4) is 6.07 Å². The van der Waals surface area contributed by atoms with Gasteiger partial charge < -0.3 is 9.47 Å². The third-order valence-corrected chi connectivity index (χ3v) is 2.93. The average molecular weight is 280 g/mol. The van der Waals surface area contributed by atoms with Crippen LogP contribution in [0.5, 0.6) is 0 Å². The van der Waals surface area contributed by atoms with Gasteiger partial charge in [0.25, 0.3) is 5.56 Å². The smallest absolute Gasteiger partial charge is 0.291 e. The first kappa shape index (κ1) is 14.5. The Bertz CT molecular complexity index is 739. The number of nitriles is 1. The molecule has 0 radical (unpaired) electrons. The summed E-state index contributed by atoms with van der Waals surface area (Å²) in [6.45, 7) is 0.551. The predicted octanol–water partition coefficient (Wildman–Crippen LogP) is 1.70. The van der Waals surface area contributed by atoms with Crippen LogP contribution >= 0.6 is 0 Å². The zero-order valence-electron chi connectivity index (χ0n) is 12.0. The minimum Gasteiger partial charge on any atom is -0.383 e. The molecule has 1 aromatic heterocycles. The Balaban J connectivity index is 2.50. The summed E-state index contributed by atoms with van der Waals surface area (Å²) in [5.74, 6) is 0. The fourth-order valence-corrected chi connectivity index (χ4v) is 1.91. The number of aromatic nitrogens is 2. The molecular formula is C16H16N4O. The molecule has 0 fully saturated rings. The highest BCUT2D eigenvalue weighted by atomic mass is 16.1. The van der Waals surface area contributed by atoms with E-state index in [0.717, 1.165) is 5.56 Å². The van der Waals surface area contributed by atoms with Crippen molar-refractivity contribution >= 4 is 6.08 Å². The van der Waals surface area contributed by atoms with Crippen molar-refractivity contribution in [2.45, 2.75) is 6.54 Å². The molecule has 0 aliphatic carbocycles. The molecule has 2 rings (SSSR count). The van der Waals surface area contributed by atoms with Crippen LogP contribution in [0.15, 0.2) is 47.7 Å². The van der Waals surface area contributed by atoms with E-state index in [1.54, 1.807) is 16.8 Å². The van der Waals surface area contributed by atoms with Gasteiger partial charge in [0.15, 0.2) is 0 Å². The second-order valence-electron chi connectivity index (χ2n) is 4.81. The molecule has 0 spiro atoms. The number of rotatable bonds is 4. The first-order valence-corrected chi connectivity index (χ1v) is 6.50. The van der Waals surface area contributed by atoms with E-state index in [4.69, 9.17) is 0 Å². The van der Waals surface area contributed by atoms with E-state index in [-0.39, 0.29) is 5.56 Å². The Morgan fingerprint density at radius 1 is 1.33 bits per heavy atom. The molecule has 0 saturated heterocycles. The average Bonchev–Trinajstić information content (AvgIpc) is 2.48. The van der Waals surface area contributed by atoms with Gasteiger partial charge in [0.2, 0.25) is 0 Å². The Kier molecular flexibility index (Phi) is 4.52. The highest BCUT2D eigenvalue weighted by Gasteiger charge is 2.10. The molecule has 21 heavy (non-hydrogen) atoms. The zero-order valence-corrected chi connectivity index (χ0v) is 12.0. The van der Waals surface area contributed by atoms with Crippen molar-refractivity contribution < 1.29 is 0 Å². The lowest BCUT2D eigenvalue weighted by Crippen LogP contribution is -2.19. The van der Waals surface area contributed by atoms with E-state index >= 15 is 0 Å².